The summed E-state index contributed by atoms with van der Waals surface area (Å²) in [6.45, 7) is 7.28. The molecule has 2 heterocycles. The monoisotopic (exact) mass is 369 g/mol. The first-order chi connectivity index (χ1) is 13.1. The van der Waals surface area contributed by atoms with Crippen LogP contribution in [0, 0.1) is 6.92 Å². The summed E-state index contributed by atoms with van der Waals surface area (Å²) in [5.41, 5.74) is 2.09. The Balaban J connectivity index is 1.61. The maximum Gasteiger partial charge on any atom is 0.227 e. The van der Waals surface area contributed by atoms with Crippen molar-refractivity contribution >= 4 is 17.7 Å². The minimum atomic E-state index is 0.124. The standard InChI is InChI=1S/C20H27N5O2/c1-15-14-19(21-9-8-17-6-4-5-7-18(17)27-3)23-20(22-15)25-12-10-24(11-13-25)16(2)26/h4-7,14H,8-13H2,1-3H3,(H,21,22,23). The zero-order valence-electron chi connectivity index (χ0n) is 16.2. The van der Waals surface area contributed by atoms with Crippen molar-refractivity contribution in [3.8, 4) is 5.75 Å². The number of nitrogens with one attached hydrogen (secondary N) is 1. The van der Waals surface area contributed by atoms with Gasteiger partial charge in [0.15, 0.2) is 0 Å². The van der Waals surface area contributed by atoms with E-state index in [4.69, 9.17) is 4.74 Å². The summed E-state index contributed by atoms with van der Waals surface area (Å²) in [4.78, 5) is 24.7. The van der Waals surface area contributed by atoms with E-state index in [1.807, 2.05) is 36.1 Å². The van der Waals surface area contributed by atoms with E-state index in [2.05, 4.69) is 26.3 Å². The third kappa shape index (κ3) is 4.87. The molecule has 2 aromatic rings. The number of hydrogen-bond acceptors (Lipinski definition) is 6. The summed E-state index contributed by atoms with van der Waals surface area (Å²) >= 11 is 0. The van der Waals surface area contributed by atoms with Gasteiger partial charge in [0.1, 0.15) is 11.6 Å². The molecule has 7 heteroatoms. The summed E-state index contributed by atoms with van der Waals surface area (Å²) in [6, 6.07) is 10.00. The molecule has 0 saturated carbocycles. The number of aryl methyl sites for hydroxylation is 1. The molecule has 0 radical (unpaired) electrons. The molecule has 0 bridgehead atoms. The molecule has 0 unspecified atom stereocenters. The zero-order chi connectivity index (χ0) is 19.2. The molecular weight excluding hydrogens is 342 g/mol. The molecule has 1 N–H and O–H groups in total. The van der Waals surface area contributed by atoms with Gasteiger partial charge in [0.25, 0.3) is 0 Å². The second-order valence-electron chi connectivity index (χ2n) is 6.68. The Labute approximate surface area is 160 Å². The number of piperazine rings is 1. The lowest BCUT2D eigenvalue weighted by Crippen LogP contribution is -2.48. The van der Waals surface area contributed by atoms with Crippen LogP contribution in [0.1, 0.15) is 18.2 Å². The molecular formula is C20H27N5O2. The second-order valence-corrected chi connectivity index (χ2v) is 6.68. The van der Waals surface area contributed by atoms with Crippen LogP contribution in [-0.4, -0.2) is 60.6 Å². The summed E-state index contributed by atoms with van der Waals surface area (Å²) in [6.07, 6.45) is 0.847. The fourth-order valence-corrected chi connectivity index (χ4v) is 3.24. The Bertz CT molecular complexity index is 788. The lowest BCUT2D eigenvalue weighted by atomic mass is 10.1. The van der Waals surface area contributed by atoms with Crippen LogP contribution in [0.2, 0.25) is 0 Å². The first-order valence-corrected chi connectivity index (χ1v) is 9.28. The number of anilines is 2. The van der Waals surface area contributed by atoms with Gasteiger partial charge in [0.05, 0.1) is 7.11 Å². The van der Waals surface area contributed by atoms with E-state index in [1.165, 1.54) is 5.56 Å². The minimum absolute atomic E-state index is 0.124. The van der Waals surface area contributed by atoms with Crippen LogP contribution in [0.4, 0.5) is 11.8 Å². The third-order valence-corrected chi connectivity index (χ3v) is 4.74. The Morgan fingerprint density at radius 3 is 2.63 bits per heavy atom. The van der Waals surface area contributed by atoms with Crippen LogP contribution in [0.25, 0.3) is 0 Å². The van der Waals surface area contributed by atoms with Crippen molar-refractivity contribution in [3.63, 3.8) is 0 Å². The predicted octanol–water partition coefficient (Wildman–Crippen LogP) is 2.12. The third-order valence-electron chi connectivity index (χ3n) is 4.74. The molecule has 0 atom stereocenters. The van der Waals surface area contributed by atoms with Crippen LogP contribution in [0.15, 0.2) is 30.3 Å². The number of aromatic nitrogens is 2. The number of rotatable bonds is 6. The van der Waals surface area contributed by atoms with Gasteiger partial charge in [-0.2, -0.15) is 4.98 Å². The smallest absolute Gasteiger partial charge is 0.227 e. The molecule has 1 aliphatic rings. The molecule has 7 nitrogen and oxygen atoms in total. The number of amides is 1. The average molecular weight is 369 g/mol. The van der Waals surface area contributed by atoms with Gasteiger partial charge in [0.2, 0.25) is 11.9 Å². The van der Waals surface area contributed by atoms with Gasteiger partial charge >= 0.3 is 0 Å². The molecule has 1 amide bonds. The van der Waals surface area contributed by atoms with Gasteiger partial charge in [0, 0.05) is 51.4 Å². The summed E-state index contributed by atoms with van der Waals surface area (Å²) in [7, 11) is 1.69. The molecule has 3 rings (SSSR count). The molecule has 1 aliphatic heterocycles. The van der Waals surface area contributed by atoms with Crippen molar-refractivity contribution in [3.05, 3.63) is 41.6 Å². The van der Waals surface area contributed by atoms with Gasteiger partial charge in [-0.25, -0.2) is 4.98 Å². The highest BCUT2D eigenvalue weighted by Crippen LogP contribution is 2.19. The van der Waals surface area contributed by atoms with Crippen molar-refractivity contribution in [2.45, 2.75) is 20.3 Å². The Kier molecular flexibility index (Phi) is 6.11. The van der Waals surface area contributed by atoms with Gasteiger partial charge in [-0.3, -0.25) is 4.79 Å². The molecule has 144 valence electrons. The van der Waals surface area contributed by atoms with Crippen LogP contribution in [-0.2, 0) is 11.2 Å². The fraction of sp³-hybridized carbons (Fsp3) is 0.450. The Morgan fingerprint density at radius 2 is 1.93 bits per heavy atom. The quantitative estimate of drug-likeness (QED) is 0.841. The van der Waals surface area contributed by atoms with Crippen molar-refractivity contribution in [1.82, 2.24) is 14.9 Å². The minimum Gasteiger partial charge on any atom is -0.496 e. The highest BCUT2D eigenvalue weighted by atomic mass is 16.5. The highest BCUT2D eigenvalue weighted by molar-refractivity contribution is 5.73. The number of carbonyl (C=O) groups is 1. The lowest BCUT2D eigenvalue weighted by molar-refractivity contribution is -0.129. The maximum atomic E-state index is 11.5. The molecule has 1 aromatic carbocycles. The topological polar surface area (TPSA) is 70.6 Å². The van der Waals surface area contributed by atoms with Crippen LogP contribution in [0.5, 0.6) is 5.75 Å². The maximum absolute atomic E-state index is 11.5. The zero-order valence-corrected chi connectivity index (χ0v) is 16.2. The highest BCUT2D eigenvalue weighted by Gasteiger charge is 2.20. The van der Waals surface area contributed by atoms with Crippen LogP contribution < -0.4 is 15.0 Å². The van der Waals surface area contributed by atoms with Crippen LogP contribution in [0.3, 0.4) is 0 Å². The van der Waals surface area contributed by atoms with Gasteiger partial charge < -0.3 is 19.9 Å². The molecule has 27 heavy (non-hydrogen) atoms. The lowest BCUT2D eigenvalue weighted by Gasteiger charge is -2.34. The average Bonchev–Trinajstić information content (AvgIpc) is 2.68. The first-order valence-electron chi connectivity index (χ1n) is 9.28. The number of methoxy groups -OCH3 is 1. The Hall–Kier alpha value is -2.83. The number of benzene rings is 1. The molecule has 0 spiro atoms. The van der Waals surface area contributed by atoms with Gasteiger partial charge in [-0.05, 0) is 25.0 Å². The normalized spacial score (nSPS) is 14.2. The SMILES string of the molecule is COc1ccccc1CCNc1cc(C)nc(N2CCN(C(C)=O)CC2)n1. The van der Waals surface area contributed by atoms with Gasteiger partial charge in [-0.1, -0.05) is 18.2 Å². The second kappa shape index (κ2) is 8.70. The summed E-state index contributed by atoms with van der Waals surface area (Å²) in [5.74, 6) is 2.57. The van der Waals surface area contributed by atoms with Crippen LogP contribution >= 0.6 is 0 Å². The largest absolute Gasteiger partial charge is 0.496 e. The number of para-hydroxylation sites is 1. The Morgan fingerprint density at radius 1 is 1.19 bits per heavy atom. The van der Waals surface area contributed by atoms with E-state index in [9.17, 15) is 4.79 Å². The molecule has 1 saturated heterocycles. The molecule has 1 fully saturated rings. The number of carbonyl (C=O) groups excluding carboxylic acids is 1. The summed E-state index contributed by atoms with van der Waals surface area (Å²) < 4.78 is 5.40. The molecule has 0 aliphatic carbocycles. The van der Waals surface area contributed by atoms with Crippen molar-refractivity contribution in [1.29, 1.82) is 0 Å². The first kappa shape index (κ1) is 18.9. The van der Waals surface area contributed by atoms with E-state index < -0.39 is 0 Å². The molecule has 1 aromatic heterocycles. The van der Waals surface area contributed by atoms with E-state index in [0.717, 1.165) is 49.3 Å². The predicted molar refractivity (Wildman–Crippen MR) is 106 cm³/mol. The van der Waals surface area contributed by atoms with Gasteiger partial charge in [-0.15, -0.1) is 0 Å². The number of hydrogen-bond donors (Lipinski definition) is 1. The summed E-state index contributed by atoms with van der Waals surface area (Å²) in [5, 5.41) is 3.39. The van der Waals surface area contributed by atoms with E-state index in [1.54, 1.807) is 14.0 Å². The van der Waals surface area contributed by atoms with Crippen molar-refractivity contribution in [2.75, 3.05) is 50.1 Å². The van der Waals surface area contributed by atoms with E-state index in [-0.39, 0.29) is 5.91 Å². The van der Waals surface area contributed by atoms with E-state index >= 15 is 0 Å². The van der Waals surface area contributed by atoms with Crippen molar-refractivity contribution in [2.24, 2.45) is 0 Å². The number of nitrogens with zero attached hydrogens (tertiary/aromatic N) is 4. The van der Waals surface area contributed by atoms with E-state index in [0.29, 0.717) is 13.1 Å². The van der Waals surface area contributed by atoms with Crippen molar-refractivity contribution < 1.29 is 9.53 Å². The number of ether oxygens (including phenoxy) is 1. The fourth-order valence-electron chi connectivity index (χ4n) is 3.24.